The lowest BCUT2D eigenvalue weighted by atomic mass is 9.81. The van der Waals surface area contributed by atoms with E-state index in [1.54, 1.807) is 0 Å². The number of piperidine rings is 1. The third-order valence-electron chi connectivity index (χ3n) is 3.28. The Kier molecular flexibility index (Phi) is 4.07. The van der Waals surface area contributed by atoms with Crippen molar-refractivity contribution in [3.63, 3.8) is 0 Å². The lowest BCUT2D eigenvalue weighted by molar-refractivity contribution is 0.132. The fraction of sp³-hybridized carbons (Fsp3) is 1.00. The van der Waals surface area contributed by atoms with Crippen LogP contribution >= 0.6 is 0 Å². The van der Waals surface area contributed by atoms with Gasteiger partial charge in [-0.15, -0.1) is 0 Å². The maximum atomic E-state index is 2.49. The second kappa shape index (κ2) is 4.86. The summed E-state index contributed by atoms with van der Waals surface area (Å²) in [5, 5.41) is 0. The number of hydrogen-bond donors (Lipinski definition) is 0. The quantitative estimate of drug-likeness (QED) is 0.628. The van der Waals surface area contributed by atoms with Gasteiger partial charge in [0.2, 0.25) is 0 Å². The molecule has 1 nitrogen and oxygen atoms in total. The first-order valence-corrected chi connectivity index (χ1v) is 5.46. The van der Waals surface area contributed by atoms with Crippen LogP contribution in [0.4, 0.5) is 0 Å². The summed E-state index contributed by atoms with van der Waals surface area (Å²) < 4.78 is 0. The lowest BCUT2D eigenvalue weighted by Crippen LogP contribution is -2.37. The summed E-state index contributed by atoms with van der Waals surface area (Å²) in [5.74, 6) is 2.00. The van der Waals surface area contributed by atoms with Crippen LogP contribution in [0.3, 0.4) is 0 Å². The van der Waals surface area contributed by atoms with Crippen molar-refractivity contribution in [2.45, 2.75) is 39.5 Å². The van der Waals surface area contributed by atoms with Gasteiger partial charge in [-0.05, 0) is 31.8 Å². The van der Waals surface area contributed by atoms with Gasteiger partial charge in [-0.25, -0.2) is 0 Å². The molecule has 2 atom stereocenters. The normalized spacial score (nSPS) is 32.2. The van der Waals surface area contributed by atoms with Crippen molar-refractivity contribution in [2.75, 3.05) is 20.1 Å². The average Bonchev–Trinajstić information content (AvgIpc) is 2.08. The fourth-order valence-corrected chi connectivity index (χ4v) is 2.48. The lowest BCUT2D eigenvalue weighted by Gasteiger charge is -2.36. The van der Waals surface area contributed by atoms with Crippen LogP contribution in [0.2, 0.25) is 0 Å². The highest BCUT2D eigenvalue weighted by molar-refractivity contribution is 4.77. The molecule has 1 saturated heterocycles. The molecule has 12 heavy (non-hydrogen) atoms. The Labute approximate surface area is 77.1 Å². The third-order valence-corrected chi connectivity index (χ3v) is 3.28. The van der Waals surface area contributed by atoms with Crippen LogP contribution in [0.1, 0.15) is 39.5 Å². The Bertz CT molecular complexity index is 122. The molecule has 0 radical (unpaired) electrons. The maximum Gasteiger partial charge on any atom is 0.000916 e. The first kappa shape index (κ1) is 10.0. The Morgan fingerprint density at radius 2 is 2.00 bits per heavy atom. The van der Waals surface area contributed by atoms with E-state index in [9.17, 15) is 0 Å². The van der Waals surface area contributed by atoms with Crippen LogP contribution < -0.4 is 0 Å². The molecule has 0 spiro atoms. The van der Waals surface area contributed by atoms with Gasteiger partial charge in [0.25, 0.3) is 0 Å². The highest BCUT2D eigenvalue weighted by Crippen LogP contribution is 2.28. The molecule has 0 aliphatic carbocycles. The summed E-state index contributed by atoms with van der Waals surface area (Å²) in [4.78, 5) is 2.49. The van der Waals surface area contributed by atoms with Crippen molar-refractivity contribution in [3.8, 4) is 0 Å². The summed E-state index contributed by atoms with van der Waals surface area (Å²) in [6.07, 6.45) is 5.62. The minimum atomic E-state index is 0.976. The van der Waals surface area contributed by atoms with Gasteiger partial charge in [0.1, 0.15) is 0 Å². The number of hydrogen-bond acceptors (Lipinski definition) is 1. The summed E-state index contributed by atoms with van der Waals surface area (Å²) in [5.41, 5.74) is 0. The molecule has 0 unspecified atom stereocenters. The van der Waals surface area contributed by atoms with Gasteiger partial charge >= 0.3 is 0 Å². The Morgan fingerprint density at radius 3 is 2.58 bits per heavy atom. The molecule has 0 N–H and O–H groups in total. The van der Waals surface area contributed by atoms with E-state index >= 15 is 0 Å². The van der Waals surface area contributed by atoms with E-state index in [0.717, 1.165) is 11.8 Å². The second-order valence-corrected chi connectivity index (χ2v) is 4.27. The predicted octanol–water partition coefficient (Wildman–Crippen LogP) is 2.76. The minimum absolute atomic E-state index is 0.976. The summed E-state index contributed by atoms with van der Waals surface area (Å²) in [6.45, 7) is 7.31. The second-order valence-electron chi connectivity index (χ2n) is 4.27. The molecular weight excluding hydrogens is 146 g/mol. The average molecular weight is 169 g/mol. The van der Waals surface area contributed by atoms with Crippen LogP contribution in [0.5, 0.6) is 0 Å². The Hall–Kier alpha value is -0.0400. The highest BCUT2D eigenvalue weighted by atomic mass is 15.1. The van der Waals surface area contributed by atoms with Gasteiger partial charge in [0, 0.05) is 6.54 Å². The number of rotatable bonds is 3. The molecule has 0 amide bonds. The summed E-state index contributed by atoms with van der Waals surface area (Å²) >= 11 is 0. The van der Waals surface area contributed by atoms with E-state index in [2.05, 4.69) is 25.8 Å². The van der Waals surface area contributed by atoms with Crippen LogP contribution in [0.15, 0.2) is 0 Å². The molecule has 1 heterocycles. The van der Waals surface area contributed by atoms with Crippen LogP contribution in [-0.4, -0.2) is 25.0 Å². The topological polar surface area (TPSA) is 3.24 Å². The van der Waals surface area contributed by atoms with Crippen molar-refractivity contribution in [2.24, 2.45) is 11.8 Å². The Morgan fingerprint density at radius 1 is 1.25 bits per heavy atom. The molecular formula is C11H23N. The maximum absolute atomic E-state index is 2.49. The van der Waals surface area contributed by atoms with Gasteiger partial charge in [0.05, 0.1) is 0 Å². The number of nitrogens with zero attached hydrogens (tertiary/aromatic N) is 1. The van der Waals surface area contributed by atoms with Crippen molar-refractivity contribution in [3.05, 3.63) is 0 Å². The molecule has 0 saturated carbocycles. The van der Waals surface area contributed by atoms with Gasteiger partial charge in [-0.2, -0.15) is 0 Å². The third kappa shape index (κ3) is 2.48. The molecule has 0 aromatic rings. The van der Waals surface area contributed by atoms with E-state index in [0.29, 0.717) is 0 Å². The van der Waals surface area contributed by atoms with E-state index in [1.165, 1.54) is 38.8 Å². The van der Waals surface area contributed by atoms with Gasteiger partial charge in [-0.3, -0.25) is 0 Å². The highest BCUT2D eigenvalue weighted by Gasteiger charge is 2.24. The van der Waals surface area contributed by atoms with Crippen molar-refractivity contribution in [1.82, 2.24) is 4.90 Å². The zero-order valence-electron chi connectivity index (χ0n) is 8.84. The van der Waals surface area contributed by atoms with Gasteiger partial charge in [-0.1, -0.05) is 33.1 Å². The number of likely N-dealkylation sites (tertiary alicyclic amines) is 1. The van der Waals surface area contributed by atoms with E-state index in [-0.39, 0.29) is 0 Å². The van der Waals surface area contributed by atoms with Crippen LogP contribution in [0, 0.1) is 11.8 Å². The first-order valence-electron chi connectivity index (χ1n) is 5.46. The fourth-order valence-electron chi connectivity index (χ4n) is 2.48. The molecule has 0 aromatic carbocycles. The van der Waals surface area contributed by atoms with Gasteiger partial charge in [0.15, 0.2) is 0 Å². The van der Waals surface area contributed by atoms with Gasteiger partial charge < -0.3 is 4.90 Å². The molecule has 1 heteroatoms. The molecule has 0 aromatic heterocycles. The first-order chi connectivity index (χ1) is 5.77. The monoisotopic (exact) mass is 169 g/mol. The molecule has 72 valence electrons. The molecule has 0 bridgehead atoms. The Balaban J connectivity index is 2.39. The van der Waals surface area contributed by atoms with E-state index < -0.39 is 0 Å². The standard InChI is InChI=1S/C11H23N/c1-4-6-11-7-8-12(3)9-10(11)5-2/h10-11H,4-9H2,1-3H3/t10-,11-/m0/s1. The van der Waals surface area contributed by atoms with Crippen molar-refractivity contribution >= 4 is 0 Å². The molecule has 1 aliphatic heterocycles. The van der Waals surface area contributed by atoms with Crippen molar-refractivity contribution < 1.29 is 0 Å². The predicted molar refractivity (Wildman–Crippen MR) is 54.3 cm³/mol. The smallest absolute Gasteiger partial charge is 0.000916 e. The SMILES string of the molecule is CCC[C@H]1CCN(C)C[C@@H]1CC. The minimum Gasteiger partial charge on any atom is -0.306 e. The van der Waals surface area contributed by atoms with Crippen molar-refractivity contribution in [1.29, 1.82) is 0 Å². The summed E-state index contributed by atoms with van der Waals surface area (Å²) in [6, 6.07) is 0. The van der Waals surface area contributed by atoms with Crippen LogP contribution in [0.25, 0.3) is 0 Å². The summed E-state index contributed by atoms with van der Waals surface area (Å²) in [7, 11) is 2.25. The zero-order chi connectivity index (χ0) is 8.97. The molecule has 1 rings (SSSR count). The largest absolute Gasteiger partial charge is 0.306 e. The molecule has 1 aliphatic rings. The molecule has 1 fully saturated rings. The van der Waals surface area contributed by atoms with Crippen LogP contribution in [-0.2, 0) is 0 Å². The van der Waals surface area contributed by atoms with E-state index in [1.807, 2.05) is 0 Å². The zero-order valence-corrected chi connectivity index (χ0v) is 8.84. The van der Waals surface area contributed by atoms with E-state index in [4.69, 9.17) is 0 Å².